The summed E-state index contributed by atoms with van der Waals surface area (Å²) in [5.41, 5.74) is 1.81. The van der Waals surface area contributed by atoms with Gasteiger partial charge in [0.25, 0.3) is 0 Å². The zero-order chi connectivity index (χ0) is 36.2. The average Bonchev–Trinajstić information content (AvgIpc) is 2.95. The summed E-state index contributed by atoms with van der Waals surface area (Å²) in [7, 11) is 0. The summed E-state index contributed by atoms with van der Waals surface area (Å²) in [4.78, 5) is 57.4. The van der Waals surface area contributed by atoms with Crippen LogP contribution in [-0.2, 0) is 30.3 Å². The van der Waals surface area contributed by atoms with Gasteiger partial charge in [0.15, 0.2) is 0 Å². The Bertz CT molecular complexity index is 1360. The van der Waals surface area contributed by atoms with Crippen molar-refractivity contribution in [2.24, 2.45) is 5.92 Å². The minimum Gasteiger partial charge on any atom is -0.458 e. The Morgan fingerprint density at radius 2 is 1.44 bits per heavy atom. The molecule has 0 saturated heterocycles. The number of carbonyl (C=O) groups excluding carboxylic acids is 4. The number of esters is 1. The zero-order valence-electron chi connectivity index (χ0n) is 31.1. The van der Waals surface area contributed by atoms with Gasteiger partial charge in [-0.2, -0.15) is 0 Å². The minimum atomic E-state index is -1.08. The minimum absolute atomic E-state index is 0.0576. The molecule has 9 nitrogen and oxygen atoms in total. The molecule has 0 aromatic heterocycles. The van der Waals surface area contributed by atoms with Gasteiger partial charge in [0.05, 0.1) is 0 Å². The third-order valence-electron chi connectivity index (χ3n) is 7.55. The van der Waals surface area contributed by atoms with Crippen molar-refractivity contribution in [1.29, 1.82) is 0 Å². The first kappa shape index (κ1) is 40.3. The Balaban J connectivity index is 2.67. The topological polar surface area (TPSA) is 114 Å². The molecule has 2 aromatic carbocycles. The summed E-state index contributed by atoms with van der Waals surface area (Å²) in [6, 6.07) is 12.2. The molecule has 3 atom stereocenters. The van der Waals surface area contributed by atoms with Gasteiger partial charge in [-0.05, 0) is 90.8 Å². The maximum atomic E-state index is 14.7. The van der Waals surface area contributed by atoms with E-state index in [4.69, 9.17) is 9.47 Å². The van der Waals surface area contributed by atoms with Crippen LogP contribution < -0.4 is 10.6 Å². The van der Waals surface area contributed by atoms with E-state index in [9.17, 15) is 19.2 Å². The van der Waals surface area contributed by atoms with Crippen LogP contribution in [0.4, 0.5) is 4.79 Å². The molecule has 3 unspecified atom stereocenters. The molecule has 2 N–H and O–H groups in total. The van der Waals surface area contributed by atoms with Crippen molar-refractivity contribution in [2.45, 2.75) is 138 Å². The second kappa shape index (κ2) is 18.0. The highest BCUT2D eigenvalue weighted by molar-refractivity contribution is 5.94. The van der Waals surface area contributed by atoms with Gasteiger partial charge >= 0.3 is 12.1 Å². The summed E-state index contributed by atoms with van der Waals surface area (Å²) in [5.74, 6) is -1.39. The lowest BCUT2D eigenvalue weighted by Crippen LogP contribution is -2.55. The number of hydrogen-bond acceptors (Lipinski definition) is 6. The number of aryl methyl sites for hydroxylation is 2. The summed E-state index contributed by atoms with van der Waals surface area (Å²) in [5, 5.41) is 5.79. The molecule has 0 heterocycles. The van der Waals surface area contributed by atoms with Gasteiger partial charge < -0.3 is 25.0 Å². The standard InChI is InChI=1S/C39H59N3O6/c1-12-13-17-22-42(35(44)31(23-26(2)3)41-37(46)48-39(9,10)11)33(30-21-20-27(4)24-28(30)5)34(43)40-32(36(45)47-38(6,7)8)25-29-18-15-14-16-19-29/h14-16,18-21,24,26,31-33H,12-13,17,22-23,25H2,1-11H3,(H,40,43)(H,41,46). The number of rotatable bonds is 15. The van der Waals surface area contributed by atoms with Crippen LogP contribution in [0.25, 0.3) is 0 Å². The van der Waals surface area contributed by atoms with E-state index in [1.807, 2.05) is 76.2 Å². The van der Waals surface area contributed by atoms with E-state index in [0.717, 1.165) is 29.5 Å². The van der Waals surface area contributed by atoms with Gasteiger partial charge in [-0.3, -0.25) is 9.59 Å². The van der Waals surface area contributed by atoms with E-state index in [1.54, 1.807) is 46.4 Å². The maximum Gasteiger partial charge on any atom is 0.408 e. The van der Waals surface area contributed by atoms with Crippen molar-refractivity contribution in [2.75, 3.05) is 6.54 Å². The van der Waals surface area contributed by atoms with Gasteiger partial charge in [-0.25, -0.2) is 9.59 Å². The second-order valence-electron chi connectivity index (χ2n) is 15.1. The van der Waals surface area contributed by atoms with Crippen molar-refractivity contribution in [3.05, 3.63) is 70.8 Å². The fraction of sp³-hybridized carbons (Fsp3) is 0.590. The molecule has 9 heteroatoms. The number of hydrogen-bond donors (Lipinski definition) is 2. The normalized spacial score (nSPS) is 13.7. The van der Waals surface area contributed by atoms with Crippen LogP contribution in [0, 0.1) is 19.8 Å². The van der Waals surface area contributed by atoms with Gasteiger partial charge in [-0.15, -0.1) is 0 Å². The van der Waals surface area contributed by atoms with E-state index in [2.05, 4.69) is 17.6 Å². The lowest BCUT2D eigenvalue weighted by molar-refractivity contribution is -0.159. The van der Waals surface area contributed by atoms with E-state index in [0.29, 0.717) is 18.4 Å². The van der Waals surface area contributed by atoms with Crippen molar-refractivity contribution in [3.63, 3.8) is 0 Å². The molecule has 0 saturated carbocycles. The van der Waals surface area contributed by atoms with E-state index in [-0.39, 0.29) is 24.8 Å². The molecule has 0 radical (unpaired) electrons. The third kappa shape index (κ3) is 13.7. The number of carbonyl (C=O) groups is 4. The number of benzene rings is 2. The van der Waals surface area contributed by atoms with Crippen LogP contribution in [-0.4, -0.2) is 58.6 Å². The third-order valence-corrected chi connectivity index (χ3v) is 7.55. The average molecular weight is 666 g/mol. The van der Waals surface area contributed by atoms with Crippen LogP contribution >= 0.6 is 0 Å². The first-order valence-corrected chi connectivity index (χ1v) is 17.3. The highest BCUT2D eigenvalue weighted by Crippen LogP contribution is 2.28. The van der Waals surface area contributed by atoms with E-state index in [1.165, 1.54) is 0 Å². The molecule has 0 fully saturated rings. The van der Waals surface area contributed by atoms with Gasteiger partial charge in [0.2, 0.25) is 11.8 Å². The first-order valence-electron chi connectivity index (χ1n) is 17.3. The summed E-state index contributed by atoms with van der Waals surface area (Å²) in [6.07, 6.45) is 2.26. The molecule has 266 valence electrons. The zero-order valence-corrected chi connectivity index (χ0v) is 31.1. The van der Waals surface area contributed by atoms with Crippen LogP contribution in [0.5, 0.6) is 0 Å². The maximum absolute atomic E-state index is 14.7. The Hall–Kier alpha value is -3.88. The number of unbranched alkanes of at least 4 members (excludes halogenated alkanes) is 2. The molecule has 48 heavy (non-hydrogen) atoms. The molecular weight excluding hydrogens is 606 g/mol. The number of ether oxygens (including phenoxy) is 2. The Morgan fingerprint density at radius 1 is 0.812 bits per heavy atom. The molecule has 0 aliphatic carbocycles. The fourth-order valence-corrected chi connectivity index (χ4v) is 5.49. The fourth-order valence-electron chi connectivity index (χ4n) is 5.49. The predicted molar refractivity (Wildman–Crippen MR) is 190 cm³/mol. The van der Waals surface area contributed by atoms with Crippen LogP contribution in [0.1, 0.15) is 116 Å². The largest absolute Gasteiger partial charge is 0.458 e. The van der Waals surface area contributed by atoms with Gasteiger partial charge in [-0.1, -0.05) is 87.7 Å². The molecule has 0 spiro atoms. The molecule has 2 aromatic rings. The van der Waals surface area contributed by atoms with Crippen LogP contribution in [0.15, 0.2) is 48.5 Å². The van der Waals surface area contributed by atoms with E-state index < -0.39 is 47.3 Å². The molecule has 0 aliphatic heterocycles. The summed E-state index contributed by atoms with van der Waals surface area (Å²) >= 11 is 0. The Labute approximate surface area is 288 Å². The highest BCUT2D eigenvalue weighted by atomic mass is 16.6. The van der Waals surface area contributed by atoms with Crippen LogP contribution in [0.2, 0.25) is 0 Å². The van der Waals surface area contributed by atoms with Gasteiger partial charge in [0, 0.05) is 13.0 Å². The predicted octanol–water partition coefficient (Wildman–Crippen LogP) is 7.37. The summed E-state index contributed by atoms with van der Waals surface area (Å²) in [6.45, 7) is 20.8. The van der Waals surface area contributed by atoms with E-state index >= 15 is 0 Å². The van der Waals surface area contributed by atoms with Gasteiger partial charge in [0.1, 0.15) is 29.3 Å². The molecule has 0 bridgehead atoms. The summed E-state index contributed by atoms with van der Waals surface area (Å²) < 4.78 is 11.3. The molecule has 3 amide bonds. The number of nitrogens with one attached hydrogen (secondary N) is 2. The Kier molecular flexibility index (Phi) is 15.1. The second-order valence-corrected chi connectivity index (χ2v) is 15.1. The van der Waals surface area contributed by atoms with Crippen molar-refractivity contribution in [3.8, 4) is 0 Å². The smallest absolute Gasteiger partial charge is 0.408 e. The number of amides is 3. The lowest BCUT2D eigenvalue weighted by atomic mass is 9.94. The molecular formula is C39H59N3O6. The number of nitrogens with zero attached hydrogens (tertiary/aromatic N) is 1. The first-order chi connectivity index (χ1) is 22.3. The SMILES string of the molecule is CCCCCN(C(=O)C(CC(C)C)NC(=O)OC(C)(C)C)C(C(=O)NC(Cc1ccccc1)C(=O)OC(C)(C)C)c1ccc(C)cc1C. The van der Waals surface area contributed by atoms with Crippen molar-refractivity contribution < 1.29 is 28.7 Å². The highest BCUT2D eigenvalue weighted by Gasteiger charge is 2.39. The molecule has 2 rings (SSSR count). The monoisotopic (exact) mass is 665 g/mol. The lowest BCUT2D eigenvalue weighted by Gasteiger charge is -2.36. The molecule has 0 aliphatic rings. The quantitative estimate of drug-likeness (QED) is 0.152. The Morgan fingerprint density at radius 3 is 1.98 bits per heavy atom. The van der Waals surface area contributed by atoms with Crippen LogP contribution in [0.3, 0.4) is 0 Å². The van der Waals surface area contributed by atoms with Crippen molar-refractivity contribution in [1.82, 2.24) is 15.5 Å². The number of alkyl carbamates (subject to hydrolysis) is 1. The van der Waals surface area contributed by atoms with Crippen molar-refractivity contribution >= 4 is 23.9 Å².